The number of morpholine rings is 1. The molecule has 1 aromatic carbocycles. The Bertz CT molecular complexity index is 770. The number of fused-ring (bicyclic) bond motifs is 2. The highest BCUT2D eigenvalue weighted by atomic mass is 79.9. The van der Waals surface area contributed by atoms with Gasteiger partial charge in [0.25, 0.3) is 0 Å². The van der Waals surface area contributed by atoms with Crippen molar-refractivity contribution in [2.45, 2.75) is 44.4 Å². The standard InChI is InChI=1S/C18H20BrNO4/c19-11-5-6-15-12(9-11)13(17(24-15)18(21)22)10-20-7-8-23-16-4-2-1-3-14(16)20/h5-6,9,14,16H,1-4,7-8,10H2,(H,21,22). The summed E-state index contributed by atoms with van der Waals surface area (Å²) in [6.07, 6.45) is 4.93. The second-order valence-electron chi connectivity index (χ2n) is 6.59. The number of halogens is 1. The first kappa shape index (κ1) is 16.1. The van der Waals surface area contributed by atoms with E-state index in [2.05, 4.69) is 20.8 Å². The van der Waals surface area contributed by atoms with Crippen LogP contribution < -0.4 is 0 Å². The maximum absolute atomic E-state index is 11.7. The molecule has 2 heterocycles. The Morgan fingerprint density at radius 2 is 2.17 bits per heavy atom. The summed E-state index contributed by atoms with van der Waals surface area (Å²) >= 11 is 3.47. The van der Waals surface area contributed by atoms with Crippen LogP contribution in [0, 0.1) is 0 Å². The van der Waals surface area contributed by atoms with Crippen molar-refractivity contribution >= 4 is 32.9 Å². The number of aromatic carboxylic acids is 1. The van der Waals surface area contributed by atoms with Crippen LogP contribution in [0.5, 0.6) is 0 Å². The summed E-state index contributed by atoms with van der Waals surface area (Å²) in [7, 11) is 0. The molecule has 1 aliphatic carbocycles. The quantitative estimate of drug-likeness (QED) is 0.852. The summed E-state index contributed by atoms with van der Waals surface area (Å²) in [4.78, 5) is 14.0. The molecule has 0 amide bonds. The number of hydrogen-bond acceptors (Lipinski definition) is 4. The third-order valence-corrected chi connectivity index (χ3v) is 5.65. The van der Waals surface area contributed by atoms with Crippen molar-refractivity contribution in [2.75, 3.05) is 13.2 Å². The molecule has 1 aliphatic heterocycles. The Hall–Kier alpha value is -1.37. The van der Waals surface area contributed by atoms with Gasteiger partial charge in [-0.2, -0.15) is 0 Å². The van der Waals surface area contributed by atoms with Gasteiger partial charge in [-0.1, -0.05) is 28.8 Å². The molecule has 2 unspecified atom stereocenters. The van der Waals surface area contributed by atoms with Crippen LogP contribution >= 0.6 is 15.9 Å². The topological polar surface area (TPSA) is 62.9 Å². The molecule has 128 valence electrons. The van der Waals surface area contributed by atoms with Gasteiger partial charge in [0.2, 0.25) is 5.76 Å². The lowest BCUT2D eigenvalue weighted by molar-refractivity contribution is -0.0911. The van der Waals surface area contributed by atoms with Crippen molar-refractivity contribution in [3.63, 3.8) is 0 Å². The molecule has 4 rings (SSSR count). The number of carboxylic acid groups (broad SMARTS) is 1. The fourth-order valence-electron chi connectivity index (χ4n) is 4.03. The zero-order chi connectivity index (χ0) is 16.7. The fraction of sp³-hybridized carbons (Fsp3) is 0.500. The van der Waals surface area contributed by atoms with E-state index in [0.29, 0.717) is 24.8 Å². The zero-order valence-corrected chi connectivity index (χ0v) is 14.9. The van der Waals surface area contributed by atoms with E-state index < -0.39 is 5.97 Å². The molecule has 6 heteroatoms. The van der Waals surface area contributed by atoms with Gasteiger partial charge in [0, 0.05) is 34.6 Å². The highest BCUT2D eigenvalue weighted by Crippen LogP contribution is 2.34. The number of benzene rings is 1. The minimum Gasteiger partial charge on any atom is -0.475 e. The van der Waals surface area contributed by atoms with Gasteiger partial charge in [-0.05, 0) is 31.0 Å². The van der Waals surface area contributed by atoms with Gasteiger partial charge in [0.05, 0.1) is 12.7 Å². The smallest absolute Gasteiger partial charge is 0.372 e. The molecule has 1 saturated carbocycles. The Morgan fingerprint density at radius 3 is 3.00 bits per heavy atom. The number of carboxylic acids is 1. The van der Waals surface area contributed by atoms with Gasteiger partial charge >= 0.3 is 5.97 Å². The van der Waals surface area contributed by atoms with Crippen LogP contribution in [0.15, 0.2) is 27.1 Å². The van der Waals surface area contributed by atoms with E-state index in [9.17, 15) is 9.90 Å². The summed E-state index contributed by atoms with van der Waals surface area (Å²) < 4.78 is 12.5. The maximum Gasteiger partial charge on any atom is 0.372 e. The van der Waals surface area contributed by atoms with Gasteiger partial charge in [0.1, 0.15) is 5.58 Å². The Morgan fingerprint density at radius 1 is 1.33 bits per heavy atom. The molecule has 1 saturated heterocycles. The molecule has 2 atom stereocenters. The first-order valence-corrected chi connectivity index (χ1v) is 9.22. The fourth-order valence-corrected chi connectivity index (χ4v) is 4.39. The van der Waals surface area contributed by atoms with E-state index in [4.69, 9.17) is 9.15 Å². The molecule has 2 aromatic rings. The average Bonchev–Trinajstić information content (AvgIpc) is 2.93. The number of nitrogens with zero attached hydrogens (tertiary/aromatic N) is 1. The highest BCUT2D eigenvalue weighted by molar-refractivity contribution is 9.10. The number of hydrogen-bond donors (Lipinski definition) is 1. The lowest BCUT2D eigenvalue weighted by Crippen LogP contribution is -2.52. The minimum atomic E-state index is -1.01. The van der Waals surface area contributed by atoms with Gasteiger partial charge in [-0.15, -0.1) is 0 Å². The van der Waals surface area contributed by atoms with Crippen molar-refractivity contribution in [1.82, 2.24) is 4.90 Å². The minimum absolute atomic E-state index is 0.0574. The van der Waals surface area contributed by atoms with Crippen molar-refractivity contribution in [1.29, 1.82) is 0 Å². The first-order chi connectivity index (χ1) is 11.6. The maximum atomic E-state index is 11.7. The lowest BCUT2D eigenvalue weighted by Gasteiger charge is -2.43. The predicted molar refractivity (Wildman–Crippen MR) is 93.3 cm³/mol. The van der Waals surface area contributed by atoms with Crippen LogP contribution in [0.1, 0.15) is 41.8 Å². The van der Waals surface area contributed by atoms with Crippen molar-refractivity contribution in [2.24, 2.45) is 0 Å². The second kappa shape index (κ2) is 6.50. The molecule has 2 fully saturated rings. The summed E-state index contributed by atoms with van der Waals surface area (Å²) in [6.45, 7) is 2.14. The Labute approximate surface area is 148 Å². The van der Waals surface area contributed by atoms with E-state index in [1.165, 1.54) is 12.8 Å². The molecule has 0 bridgehead atoms. The molecule has 24 heavy (non-hydrogen) atoms. The summed E-state index contributed by atoms with van der Waals surface area (Å²) in [5, 5.41) is 10.4. The van der Waals surface area contributed by atoms with Gasteiger partial charge in [0.15, 0.2) is 0 Å². The molecule has 1 aromatic heterocycles. The zero-order valence-electron chi connectivity index (χ0n) is 13.3. The number of carbonyl (C=O) groups is 1. The normalized spacial score (nSPS) is 24.9. The Kier molecular flexibility index (Phi) is 4.37. The van der Waals surface area contributed by atoms with Crippen molar-refractivity contribution < 1.29 is 19.1 Å². The van der Waals surface area contributed by atoms with Crippen LogP contribution in [-0.2, 0) is 11.3 Å². The molecule has 0 spiro atoms. The second-order valence-corrected chi connectivity index (χ2v) is 7.50. The van der Waals surface area contributed by atoms with E-state index in [1.807, 2.05) is 18.2 Å². The first-order valence-electron chi connectivity index (χ1n) is 8.43. The van der Waals surface area contributed by atoms with E-state index in [-0.39, 0.29) is 11.9 Å². The van der Waals surface area contributed by atoms with Gasteiger partial charge in [-0.25, -0.2) is 4.79 Å². The third-order valence-electron chi connectivity index (χ3n) is 5.16. The molecular weight excluding hydrogens is 374 g/mol. The highest BCUT2D eigenvalue weighted by Gasteiger charge is 2.35. The van der Waals surface area contributed by atoms with E-state index >= 15 is 0 Å². The number of rotatable bonds is 3. The monoisotopic (exact) mass is 393 g/mol. The molecular formula is C18H20BrNO4. The van der Waals surface area contributed by atoms with Crippen LogP contribution in [0.25, 0.3) is 11.0 Å². The van der Waals surface area contributed by atoms with Crippen LogP contribution in [0.4, 0.5) is 0 Å². The molecule has 2 aliphatic rings. The summed E-state index contributed by atoms with van der Waals surface area (Å²) in [5.41, 5.74) is 1.39. The number of ether oxygens (including phenoxy) is 1. The third kappa shape index (κ3) is 2.87. The predicted octanol–water partition coefficient (Wildman–Crippen LogP) is 4.04. The van der Waals surface area contributed by atoms with E-state index in [0.717, 1.165) is 34.8 Å². The molecule has 5 nitrogen and oxygen atoms in total. The van der Waals surface area contributed by atoms with Crippen molar-refractivity contribution in [3.05, 3.63) is 34.0 Å². The summed E-state index contributed by atoms with van der Waals surface area (Å²) in [6, 6.07) is 6.01. The molecule has 1 N–H and O–H groups in total. The SMILES string of the molecule is O=C(O)c1oc2ccc(Br)cc2c1CN1CCOC2CCCCC21. The molecule has 0 radical (unpaired) electrons. The van der Waals surface area contributed by atoms with E-state index in [1.54, 1.807) is 0 Å². The van der Waals surface area contributed by atoms with Crippen LogP contribution in [0.2, 0.25) is 0 Å². The van der Waals surface area contributed by atoms with Gasteiger partial charge in [-0.3, -0.25) is 4.90 Å². The number of furan rings is 1. The van der Waals surface area contributed by atoms with Crippen LogP contribution in [-0.4, -0.2) is 41.3 Å². The van der Waals surface area contributed by atoms with Crippen LogP contribution in [0.3, 0.4) is 0 Å². The van der Waals surface area contributed by atoms with Gasteiger partial charge < -0.3 is 14.3 Å². The van der Waals surface area contributed by atoms with Crippen molar-refractivity contribution in [3.8, 4) is 0 Å². The largest absolute Gasteiger partial charge is 0.475 e. The lowest BCUT2D eigenvalue weighted by atomic mass is 9.89. The average molecular weight is 394 g/mol. The summed E-state index contributed by atoms with van der Waals surface area (Å²) in [5.74, 6) is -0.951. The Balaban J connectivity index is 1.71.